The highest BCUT2D eigenvalue weighted by Gasteiger charge is 2.26. The topological polar surface area (TPSA) is 52.9 Å². The molecule has 0 radical (unpaired) electrons. The highest BCUT2D eigenvalue weighted by molar-refractivity contribution is 5.97. The summed E-state index contributed by atoms with van der Waals surface area (Å²) in [7, 11) is 0. The number of rotatable bonds is 3. The highest BCUT2D eigenvalue weighted by atomic mass is 16.1. The van der Waals surface area contributed by atoms with E-state index in [1.54, 1.807) is 0 Å². The molecule has 1 aliphatic carbocycles. The zero-order valence-corrected chi connectivity index (χ0v) is 13.2. The molecule has 1 fully saturated rings. The lowest BCUT2D eigenvalue weighted by atomic mass is 9.84. The molecule has 1 amide bonds. The summed E-state index contributed by atoms with van der Waals surface area (Å²) in [5, 5.41) is 12.3. The molecular formula is C18H24N2O. The molecule has 0 heterocycles. The number of amides is 1. The summed E-state index contributed by atoms with van der Waals surface area (Å²) < 4.78 is 0. The van der Waals surface area contributed by atoms with E-state index in [1.807, 2.05) is 32.9 Å². The molecule has 0 spiro atoms. The van der Waals surface area contributed by atoms with Gasteiger partial charge >= 0.3 is 0 Å². The molecule has 0 aromatic heterocycles. The van der Waals surface area contributed by atoms with Gasteiger partial charge in [0.1, 0.15) is 6.04 Å². The van der Waals surface area contributed by atoms with Crippen molar-refractivity contribution < 1.29 is 4.79 Å². The van der Waals surface area contributed by atoms with Crippen LogP contribution in [0.15, 0.2) is 12.1 Å². The Bertz CT molecular complexity index is 542. The van der Waals surface area contributed by atoms with Crippen LogP contribution in [0.2, 0.25) is 0 Å². The second kappa shape index (κ2) is 6.76. The molecule has 0 saturated heterocycles. The maximum atomic E-state index is 12.5. The molecule has 3 heteroatoms. The predicted molar refractivity (Wildman–Crippen MR) is 84.1 cm³/mol. The van der Waals surface area contributed by atoms with Crippen molar-refractivity contribution >= 4 is 5.91 Å². The first kappa shape index (κ1) is 15.6. The number of nitrogens with one attached hydrogen (secondary N) is 1. The predicted octanol–water partition coefficient (Wildman–Crippen LogP) is 3.81. The maximum absolute atomic E-state index is 12.5. The van der Waals surface area contributed by atoms with Gasteiger partial charge in [-0.1, -0.05) is 37.0 Å². The lowest BCUT2D eigenvalue weighted by molar-refractivity contribution is 0.0927. The molecule has 1 N–H and O–H groups in total. The SMILES string of the molecule is Cc1cc(C)c(C(=O)NC(C#N)C2CCCCC2)c(C)c1. The van der Waals surface area contributed by atoms with E-state index in [1.165, 1.54) is 19.3 Å². The van der Waals surface area contributed by atoms with Gasteiger partial charge in [0.05, 0.1) is 6.07 Å². The summed E-state index contributed by atoms with van der Waals surface area (Å²) in [5.74, 6) is 0.195. The average Bonchev–Trinajstić information content (AvgIpc) is 2.44. The fraction of sp³-hybridized carbons (Fsp3) is 0.556. The van der Waals surface area contributed by atoms with Crippen molar-refractivity contribution in [1.29, 1.82) is 5.26 Å². The molecule has 21 heavy (non-hydrogen) atoms. The Labute approximate surface area is 127 Å². The molecule has 1 aliphatic rings. The van der Waals surface area contributed by atoms with Gasteiger partial charge in [0.2, 0.25) is 0 Å². The number of nitrogens with zero attached hydrogens (tertiary/aromatic N) is 1. The normalized spacial score (nSPS) is 17.0. The zero-order chi connectivity index (χ0) is 15.4. The van der Waals surface area contributed by atoms with Crippen molar-refractivity contribution in [2.24, 2.45) is 5.92 Å². The summed E-state index contributed by atoms with van der Waals surface area (Å²) in [6, 6.07) is 5.96. The van der Waals surface area contributed by atoms with E-state index in [0.717, 1.165) is 35.1 Å². The van der Waals surface area contributed by atoms with E-state index in [0.29, 0.717) is 5.92 Å². The number of carbonyl (C=O) groups excluding carboxylic acids is 1. The standard InChI is InChI=1S/C18H24N2O/c1-12-9-13(2)17(14(3)10-12)18(21)20-16(11-19)15-7-5-4-6-8-15/h9-10,15-16H,4-8H2,1-3H3,(H,20,21). The molecule has 2 rings (SSSR count). The number of hydrogen-bond acceptors (Lipinski definition) is 2. The number of benzene rings is 1. The van der Waals surface area contributed by atoms with Crippen LogP contribution >= 0.6 is 0 Å². The van der Waals surface area contributed by atoms with Crippen LogP contribution in [0, 0.1) is 38.0 Å². The van der Waals surface area contributed by atoms with E-state index < -0.39 is 0 Å². The molecule has 3 nitrogen and oxygen atoms in total. The minimum Gasteiger partial charge on any atom is -0.336 e. The summed E-state index contributed by atoms with van der Waals surface area (Å²) in [6.07, 6.45) is 5.68. The van der Waals surface area contributed by atoms with Gasteiger partial charge in [-0.25, -0.2) is 0 Å². The number of aryl methyl sites for hydroxylation is 3. The van der Waals surface area contributed by atoms with E-state index in [-0.39, 0.29) is 11.9 Å². The fourth-order valence-corrected chi connectivity index (χ4v) is 3.47. The first-order valence-corrected chi connectivity index (χ1v) is 7.81. The average molecular weight is 284 g/mol. The van der Waals surface area contributed by atoms with E-state index in [2.05, 4.69) is 11.4 Å². The Morgan fingerprint density at radius 1 is 1.19 bits per heavy atom. The second-order valence-corrected chi connectivity index (χ2v) is 6.25. The van der Waals surface area contributed by atoms with Crippen LogP contribution in [0.3, 0.4) is 0 Å². The molecule has 0 aliphatic heterocycles. The molecule has 112 valence electrons. The van der Waals surface area contributed by atoms with Crippen molar-refractivity contribution in [2.75, 3.05) is 0 Å². The van der Waals surface area contributed by atoms with Crippen LogP contribution in [0.4, 0.5) is 0 Å². The lowest BCUT2D eigenvalue weighted by Crippen LogP contribution is -2.40. The Balaban J connectivity index is 2.15. The van der Waals surface area contributed by atoms with Gasteiger partial charge in [-0.15, -0.1) is 0 Å². The first-order chi connectivity index (χ1) is 10.0. The van der Waals surface area contributed by atoms with Crippen molar-refractivity contribution in [2.45, 2.75) is 58.9 Å². The van der Waals surface area contributed by atoms with E-state index in [9.17, 15) is 10.1 Å². The first-order valence-electron chi connectivity index (χ1n) is 7.81. The molecule has 1 aromatic rings. The molecule has 0 bridgehead atoms. The second-order valence-electron chi connectivity index (χ2n) is 6.25. The largest absolute Gasteiger partial charge is 0.336 e. The van der Waals surface area contributed by atoms with Crippen molar-refractivity contribution in [1.82, 2.24) is 5.32 Å². The monoisotopic (exact) mass is 284 g/mol. The van der Waals surface area contributed by atoms with Crippen LogP contribution in [0.1, 0.15) is 59.2 Å². The van der Waals surface area contributed by atoms with Crippen LogP contribution in [-0.2, 0) is 0 Å². The van der Waals surface area contributed by atoms with Crippen LogP contribution in [-0.4, -0.2) is 11.9 Å². The maximum Gasteiger partial charge on any atom is 0.252 e. The molecule has 1 atom stereocenters. The number of carbonyl (C=O) groups is 1. The van der Waals surface area contributed by atoms with Crippen LogP contribution < -0.4 is 5.32 Å². The fourth-order valence-electron chi connectivity index (χ4n) is 3.47. The molecule has 1 unspecified atom stereocenters. The Kier molecular flexibility index (Phi) is 5.01. The van der Waals surface area contributed by atoms with Gasteiger partial charge in [0.25, 0.3) is 5.91 Å². The zero-order valence-electron chi connectivity index (χ0n) is 13.2. The quantitative estimate of drug-likeness (QED) is 0.917. The smallest absolute Gasteiger partial charge is 0.252 e. The van der Waals surface area contributed by atoms with Gasteiger partial charge in [0.15, 0.2) is 0 Å². The molecular weight excluding hydrogens is 260 g/mol. The Morgan fingerprint density at radius 3 is 2.29 bits per heavy atom. The van der Waals surface area contributed by atoms with Gasteiger partial charge in [0, 0.05) is 5.56 Å². The third-order valence-corrected chi connectivity index (χ3v) is 4.45. The third-order valence-electron chi connectivity index (χ3n) is 4.45. The molecule has 1 saturated carbocycles. The van der Waals surface area contributed by atoms with E-state index in [4.69, 9.17) is 0 Å². The Morgan fingerprint density at radius 2 is 1.76 bits per heavy atom. The van der Waals surface area contributed by atoms with Crippen LogP contribution in [0.5, 0.6) is 0 Å². The summed E-state index contributed by atoms with van der Waals surface area (Å²) >= 11 is 0. The molecule has 1 aromatic carbocycles. The summed E-state index contributed by atoms with van der Waals surface area (Å²) in [4.78, 5) is 12.5. The van der Waals surface area contributed by atoms with E-state index >= 15 is 0 Å². The van der Waals surface area contributed by atoms with Gasteiger partial charge in [-0.3, -0.25) is 4.79 Å². The van der Waals surface area contributed by atoms with Crippen LogP contribution in [0.25, 0.3) is 0 Å². The minimum absolute atomic E-state index is 0.109. The van der Waals surface area contributed by atoms with Crippen molar-refractivity contribution in [3.05, 3.63) is 34.4 Å². The Hall–Kier alpha value is -1.82. The summed E-state index contributed by atoms with van der Waals surface area (Å²) in [5.41, 5.74) is 3.83. The van der Waals surface area contributed by atoms with Crippen molar-refractivity contribution in [3.8, 4) is 6.07 Å². The third kappa shape index (κ3) is 3.64. The minimum atomic E-state index is -0.363. The lowest BCUT2D eigenvalue weighted by Gasteiger charge is -2.26. The van der Waals surface area contributed by atoms with Gasteiger partial charge in [-0.05, 0) is 50.7 Å². The highest BCUT2D eigenvalue weighted by Crippen LogP contribution is 2.26. The van der Waals surface area contributed by atoms with Gasteiger partial charge in [-0.2, -0.15) is 5.26 Å². The number of nitriles is 1. The number of hydrogen-bond donors (Lipinski definition) is 1. The summed E-state index contributed by atoms with van der Waals surface area (Å²) in [6.45, 7) is 5.94. The van der Waals surface area contributed by atoms with Crippen molar-refractivity contribution in [3.63, 3.8) is 0 Å². The van der Waals surface area contributed by atoms with Gasteiger partial charge < -0.3 is 5.32 Å².